The number of benzene rings is 2. The van der Waals surface area contributed by atoms with Crippen molar-refractivity contribution in [3.8, 4) is 11.3 Å². The van der Waals surface area contributed by atoms with Gasteiger partial charge in [-0.1, -0.05) is 35.9 Å². The van der Waals surface area contributed by atoms with Crippen LogP contribution in [0.5, 0.6) is 0 Å². The number of hydrogen-bond acceptors (Lipinski definition) is 0. The highest BCUT2D eigenvalue weighted by Gasteiger charge is 2.09. The van der Waals surface area contributed by atoms with Gasteiger partial charge in [-0.2, -0.15) is 0 Å². The van der Waals surface area contributed by atoms with E-state index in [1.54, 1.807) is 0 Å². The lowest BCUT2D eigenvalue weighted by molar-refractivity contribution is 0.976. The van der Waals surface area contributed by atoms with Crippen molar-refractivity contribution in [2.24, 2.45) is 7.05 Å². The van der Waals surface area contributed by atoms with Gasteiger partial charge in [-0.15, -0.1) is 0 Å². The monoisotopic (exact) mass is 235 g/mol. The molecular weight excluding hydrogens is 218 g/mol. The van der Waals surface area contributed by atoms with E-state index in [2.05, 4.69) is 74.0 Å². The van der Waals surface area contributed by atoms with Crippen molar-refractivity contribution < 1.29 is 0 Å². The highest BCUT2D eigenvalue weighted by molar-refractivity contribution is 5.87. The van der Waals surface area contributed by atoms with Crippen LogP contribution in [0.4, 0.5) is 0 Å². The topological polar surface area (TPSA) is 4.93 Å². The summed E-state index contributed by atoms with van der Waals surface area (Å²) in [5.74, 6) is 0. The Morgan fingerprint density at radius 3 is 2.44 bits per heavy atom. The Morgan fingerprint density at radius 2 is 1.67 bits per heavy atom. The van der Waals surface area contributed by atoms with Gasteiger partial charge in [-0.3, -0.25) is 0 Å². The molecule has 18 heavy (non-hydrogen) atoms. The summed E-state index contributed by atoms with van der Waals surface area (Å²) in [6.45, 7) is 4.32. The minimum Gasteiger partial charge on any atom is -0.344 e. The zero-order valence-electron chi connectivity index (χ0n) is 11.1. The summed E-state index contributed by atoms with van der Waals surface area (Å²) in [6, 6.07) is 17.4. The van der Waals surface area contributed by atoms with Gasteiger partial charge in [0, 0.05) is 29.2 Å². The minimum absolute atomic E-state index is 1.29. The molecule has 0 fully saturated rings. The number of nitrogens with zero attached hydrogens (tertiary/aromatic N) is 1. The second-order valence-electron chi connectivity index (χ2n) is 4.97. The Hall–Kier alpha value is -2.02. The first-order chi connectivity index (χ1) is 8.66. The largest absolute Gasteiger partial charge is 0.344 e. The third kappa shape index (κ3) is 1.63. The van der Waals surface area contributed by atoms with Crippen LogP contribution in [0, 0.1) is 13.8 Å². The second kappa shape index (κ2) is 4.02. The third-order valence-electron chi connectivity index (χ3n) is 3.62. The van der Waals surface area contributed by atoms with Crippen molar-refractivity contribution in [2.75, 3.05) is 0 Å². The van der Waals surface area contributed by atoms with Crippen LogP contribution in [-0.4, -0.2) is 4.57 Å². The van der Waals surface area contributed by atoms with Gasteiger partial charge >= 0.3 is 0 Å². The average Bonchev–Trinajstić information content (AvgIpc) is 2.71. The van der Waals surface area contributed by atoms with E-state index in [4.69, 9.17) is 0 Å². The normalized spacial score (nSPS) is 11.1. The Bertz CT molecular complexity index is 720. The molecule has 0 saturated heterocycles. The maximum absolute atomic E-state index is 2.27. The summed E-state index contributed by atoms with van der Waals surface area (Å²) in [6.07, 6.45) is 0. The van der Waals surface area contributed by atoms with Crippen LogP contribution >= 0.6 is 0 Å². The Morgan fingerprint density at radius 1 is 0.889 bits per heavy atom. The van der Waals surface area contributed by atoms with Gasteiger partial charge in [-0.25, -0.2) is 0 Å². The van der Waals surface area contributed by atoms with E-state index >= 15 is 0 Å². The molecule has 0 aliphatic heterocycles. The molecule has 0 bridgehead atoms. The first-order valence-electron chi connectivity index (χ1n) is 6.29. The molecule has 0 N–H and O–H groups in total. The van der Waals surface area contributed by atoms with Gasteiger partial charge in [0.1, 0.15) is 0 Å². The second-order valence-corrected chi connectivity index (χ2v) is 4.97. The van der Waals surface area contributed by atoms with Crippen LogP contribution in [0.2, 0.25) is 0 Å². The van der Waals surface area contributed by atoms with Gasteiger partial charge in [-0.05, 0) is 37.6 Å². The highest BCUT2D eigenvalue weighted by Crippen LogP contribution is 2.29. The summed E-state index contributed by atoms with van der Waals surface area (Å²) < 4.78 is 2.27. The SMILES string of the molecule is Cc1ccc(C)c(-c2cc3ccccc3n2C)c1. The molecule has 3 aromatic rings. The summed E-state index contributed by atoms with van der Waals surface area (Å²) in [5, 5.41) is 1.30. The molecule has 0 spiro atoms. The Balaban J connectivity index is 2.31. The summed E-state index contributed by atoms with van der Waals surface area (Å²) in [7, 11) is 2.14. The maximum atomic E-state index is 2.27. The number of hydrogen-bond donors (Lipinski definition) is 0. The molecule has 3 rings (SSSR count). The summed E-state index contributed by atoms with van der Waals surface area (Å²) in [4.78, 5) is 0. The molecule has 1 aromatic heterocycles. The van der Waals surface area contributed by atoms with Crippen LogP contribution in [0.25, 0.3) is 22.2 Å². The molecule has 0 radical (unpaired) electrons. The summed E-state index contributed by atoms with van der Waals surface area (Å²) >= 11 is 0. The zero-order chi connectivity index (χ0) is 12.7. The number of para-hydroxylation sites is 1. The van der Waals surface area contributed by atoms with E-state index in [1.807, 2.05) is 0 Å². The van der Waals surface area contributed by atoms with Crippen LogP contribution in [0.3, 0.4) is 0 Å². The zero-order valence-corrected chi connectivity index (χ0v) is 11.1. The van der Waals surface area contributed by atoms with Crippen LogP contribution in [0.15, 0.2) is 48.5 Å². The lowest BCUT2D eigenvalue weighted by Crippen LogP contribution is -1.93. The van der Waals surface area contributed by atoms with Crippen LogP contribution < -0.4 is 0 Å². The molecule has 1 heteroatoms. The molecule has 0 aliphatic carbocycles. The molecular formula is C17H17N. The van der Waals surface area contributed by atoms with Gasteiger partial charge in [0.25, 0.3) is 0 Å². The first kappa shape index (κ1) is 11.1. The first-order valence-corrected chi connectivity index (χ1v) is 6.29. The van der Waals surface area contributed by atoms with Crippen molar-refractivity contribution in [3.63, 3.8) is 0 Å². The summed E-state index contributed by atoms with van der Waals surface area (Å²) in [5.41, 5.74) is 6.53. The van der Waals surface area contributed by atoms with Gasteiger partial charge in [0.2, 0.25) is 0 Å². The molecule has 1 nitrogen and oxygen atoms in total. The van der Waals surface area contributed by atoms with E-state index in [0.717, 1.165) is 0 Å². The molecule has 0 saturated carbocycles. The van der Waals surface area contributed by atoms with E-state index in [0.29, 0.717) is 0 Å². The number of aromatic nitrogens is 1. The average molecular weight is 235 g/mol. The minimum atomic E-state index is 1.29. The molecule has 0 amide bonds. The smallest absolute Gasteiger partial charge is 0.0491 e. The maximum Gasteiger partial charge on any atom is 0.0491 e. The lowest BCUT2D eigenvalue weighted by atomic mass is 10.0. The number of rotatable bonds is 1. The molecule has 1 heterocycles. The third-order valence-corrected chi connectivity index (χ3v) is 3.62. The van der Waals surface area contributed by atoms with Crippen LogP contribution in [-0.2, 0) is 7.05 Å². The van der Waals surface area contributed by atoms with E-state index < -0.39 is 0 Å². The standard InChI is InChI=1S/C17H17N/c1-12-8-9-13(2)15(10-12)17-11-14-6-4-5-7-16(14)18(17)3/h4-11H,1-3H3. The molecule has 0 atom stereocenters. The fourth-order valence-corrected chi connectivity index (χ4v) is 2.56. The van der Waals surface area contributed by atoms with Crippen LogP contribution in [0.1, 0.15) is 11.1 Å². The molecule has 0 unspecified atom stereocenters. The van der Waals surface area contributed by atoms with Crippen molar-refractivity contribution in [1.82, 2.24) is 4.57 Å². The van der Waals surface area contributed by atoms with E-state index in [-0.39, 0.29) is 0 Å². The Labute approximate surface area is 108 Å². The van der Waals surface area contributed by atoms with Gasteiger partial charge in [0.05, 0.1) is 0 Å². The fraction of sp³-hybridized carbons (Fsp3) is 0.176. The van der Waals surface area contributed by atoms with Crippen molar-refractivity contribution in [2.45, 2.75) is 13.8 Å². The number of fused-ring (bicyclic) bond motifs is 1. The van der Waals surface area contributed by atoms with Gasteiger partial charge in [0.15, 0.2) is 0 Å². The van der Waals surface area contributed by atoms with Gasteiger partial charge < -0.3 is 4.57 Å². The fourth-order valence-electron chi connectivity index (χ4n) is 2.56. The highest BCUT2D eigenvalue weighted by atomic mass is 14.9. The van der Waals surface area contributed by atoms with E-state index in [9.17, 15) is 0 Å². The Kier molecular flexibility index (Phi) is 2.48. The van der Waals surface area contributed by atoms with Crippen molar-refractivity contribution in [1.29, 1.82) is 0 Å². The van der Waals surface area contributed by atoms with Crippen molar-refractivity contribution in [3.05, 3.63) is 59.7 Å². The quantitative estimate of drug-likeness (QED) is 0.586. The molecule has 0 aliphatic rings. The molecule has 90 valence electrons. The lowest BCUT2D eigenvalue weighted by Gasteiger charge is -2.09. The predicted octanol–water partition coefficient (Wildman–Crippen LogP) is 4.46. The predicted molar refractivity (Wildman–Crippen MR) is 77.8 cm³/mol. The van der Waals surface area contributed by atoms with Crippen molar-refractivity contribution >= 4 is 10.9 Å². The van der Waals surface area contributed by atoms with E-state index in [1.165, 1.54) is 33.3 Å². The number of aryl methyl sites for hydroxylation is 3. The molecule has 2 aromatic carbocycles.